The molecule has 0 aliphatic rings. The average Bonchev–Trinajstić information content (AvgIpc) is 2.24. The van der Waals surface area contributed by atoms with Gasteiger partial charge in [0.2, 0.25) is 0 Å². The lowest BCUT2D eigenvalue weighted by molar-refractivity contribution is -0.156. The van der Waals surface area contributed by atoms with Crippen molar-refractivity contribution in [2.45, 2.75) is 38.5 Å². The van der Waals surface area contributed by atoms with Crippen molar-refractivity contribution in [3.8, 4) is 0 Å². The zero-order chi connectivity index (χ0) is 13.4. The molecule has 4 N–H and O–H groups in total. The minimum Gasteiger partial charge on any atom is -0.481 e. The number of hydrogen-bond donors (Lipinski definition) is 3. The number of carboxylic acid groups (broad SMARTS) is 1. The number of aliphatic hydroxyl groups excluding tert-OH is 1. The maximum absolute atomic E-state index is 11.3. The van der Waals surface area contributed by atoms with Gasteiger partial charge in [-0.15, -0.1) is 0 Å². The molecule has 0 rings (SSSR count). The maximum Gasteiger partial charge on any atom is 0.323 e. The van der Waals surface area contributed by atoms with Crippen LogP contribution in [0, 0.1) is 0 Å². The lowest BCUT2D eigenvalue weighted by Gasteiger charge is -2.18. The van der Waals surface area contributed by atoms with Gasteiger partial charge in [0.05, 0.1) is 25.7 Å². The van der Waals surface area contributed by atoms with Gasteiger partial charge in [-0.25, -0.2) is 0 Å². The number of nitrogens with two attached hydrogens (primary N) is 1. The Morgan fingerprint density at radius 1 is 1.29 bits per heavy atom. The molecule has 0 saturated carbocycles. The van der Waals surface area contributed by atoms with Crippen LogP contribution in [0.4, 0.5) is 0 Å². The fourth-order valence-electron chi connectivity index (χ4n) is 0.944. The van der Waals surface area contributed by atoms with Gasteiger partial charge in [0, 0.05) is 0 Å². The van der Waals surface area contributed by atoms with Crippen molar-refractivity contribution < 1.29 is 29.3 Å². The van der Waals surface area contributed by atoms with Crippen LogP contribution in [0.5, 0.6) is 0 Å². The molecule has 7 heteroatoms. The van der Waals surface area contributed by atoms with E-state index in [4.69, 9.17) is 25.4 Å². The summed E-state index contributed by atoms with van der Waals surface area (Å²) in [6, 6.07) is -1.18. The Balaban J connectivity index is 3.90. The van der Waals surface area contributed by atoms with E-state index in [1.807, 2.05) is 0 Å². The van der Waals surface area contributed by atoms with E-state index in [9.17, 15) is 9.59 Å². The zero-order valence-corrected chi connectivity index (χ0v) is 9.96. The monoisotopic (exact) mass is 249 g/mol. The highest BCUT2D eigenvalue weighted by atomic mass is 16.6. The van der Waals surface area contributed by atoms with Crippen LogP contribution in [0.15, 0.2) is 0 Å². The molecule has 3 unspecified atom stereocenters. The minimum absolute atomic E-state index is 0.118. The molecule has 0 aromatic heterocycles. The standard InChI is InChI=1S/C10H19NO6/c1-6(4-12)16-5-7(2)17-10(15)8(11)3-9(13)14/h6-8,12H,3-5,11H2,1-2H3,(H,13,14). The SMILES string of the molecule is CC(CO)OCC(C)OC(=O)C(N)CC(=O)O. The van der Waals surface area contributed by atoms with Crippen molar-refractivity contribution in [3.05, 3.63) is 0 Å². The summed E-state index contributed by atoms with van der Waals surface area (Å²) in [7, 11) is 0. The molecular weight excluding hydrogens is 230 g/mol. The first kappa shape index (κ1) is 15.8. The normalized spacial score (nSPS) is 16.0. The zero-order valence-electron chi connectivity index (χ0n) is 9.96. The second-order valence-electron chi connectivity index (χ2n) is 3.78. The van der Waals surface area contributed by atoms with Gasteiger partial charge in [-0.3, -0.25) is 9.59 Å². The molecule has 100 valence electrons. The first-order valence-electron chi connectivity index (χ1n) is 5.27. The van der Waals surface area contributed by atoms with Crippen molar-refractivity contribution in [2.24, 2.45) is 5.73 Å². The first-order valence-corrected chi connectivity index (χ1v) is 5.27. The summed E-state index contributed by atoms with van der Waals surface area (Å²) in [4.78, 5) is 21.6. The van der Waals surface area contributed by atoms with E-state index in [1.54, 1.807) is 13.8 Å². The summed E-state index contributed by atoms with van der Waals surface area (Å²) < 4.78 is 10.0. The van der Waals surface area contributed by atoms with E-state index in [2.05, 4.69) is 0 Å². The predicted octanol–water partition coefficient (Wildman–Crippen LogP) is -0.882. The molecule has 0 amide bonds. The van der Waals surface area contributed by atoms with Crippen molar-refractivity contribution in [2.75, 3.05) is 13.2 Å². The highest BCUT2D eigenvalue weighted by molar-refractivity contribution is 5.81. The summed E-state index contributed by atoms with van der Waals surface area (Å²) in [6.07, 6.45) is -1.36. The van der Waals surface area contributed by atoms with E-state index < -0.39 is 30.5 Å². The van der Waals surface area contributed by atoms with Gasteiger partial charge in [-0.05, 0) is 13.8 Å². The van der Waals surface area contributed by atoms with Crippen LogP contribution in [0.25, 0.3) is 0 Å². The molecule has 0 heterocycles. The molecule has 0 aliphatic heterocycles. The predicted molar refractivity (Wildman–Crippen MR) is 58.3 cm³/mol. The van der Waals surface area contributed by atoms with Crippen molar-refractivity contribution >= 4 is 11.9 Å². The maximum atomic E-state index is 11.3. The van der Waals surface area contributed by atoms with E-state index in [1.165, 1.54) is 0 Å². The number of aliphatic hydroxyl groups is 1. The second-order valence-corrected chi connectivity index (χ2v) is 3.78. The van der Waals surface area contributed by atoms with Crippen molar-refractivity contribution in [1.29, 1.82) is 0 Å². The van der Waals surface area contributed by atoms with E-state index >= 15 is 0 Å². The first-order chi connectivity index (χ1) is 7.86. The van der Waals surface area contributed by atoms with E-state index in [-0.39, 0.29) is 19.3 Å². The number of carbonyl (C=O) groups excluding carboxylic acids is 1. The Morgan fingerprint density at radius 3 is 2.35 bits per heavy atom. The van der Waals surface area contributed by atoms with Crippen LogP contribution < -0.4 is 5.73 Å². The molecule has 0 saturated heterocycles. The summed E-state index contributed by atoms with van der Waals surface area (Å²) in [5.41, 5.74) is 5.31. The Bertz CT molecular complexity index is 257. The van der Waals surface area contributed by atoms with Gasteiger partial charge in [-0.2, -0.15) is 0 Å². The van der Waals surface area contributed by atoms with Crippen LogP contribution >= 0.6 is 0 Å². The fourth-order valence-corrected chi connectivity index (χ4v) is 0.944. The van der Waals surface area contributed by atoms with Gasteiger partial charge in [-0.1, -0.05) is 0 Å². The number of hydrogen-bond acceptors (Lipinski definition) is 6. The summed E-state index contributed by atoms with van der Waals surface area (Å²) in [5, 5.41) is 17.1. The second kappa shape index (κ2) is 7.99. The molecule has 0 spiro atoms. The number of aliphatic carboxylic acids is 1. The molecule has 3 atom stereocenters. The Hall–Kier alpha value is -1.18. The molecule has 0 aliphatic carbocycles. The van der Waals surface area contributed by atoms with Crippen molar-refractivity contribution in [1.82, 2.24) is 0 Å². The third-order valence-corrected chi connectivity index (χ3v) is 1.89. The molecule has 0 aromatic carbocycles. The topological polar surface area (TPSA) is 119 Å². The van der Waals surface area contributed by atoms with Gasteiger partial charge in [0.25, 0.3) is 0 Å². The van der Waals surface area contributed by atoms with Crippen LogP contribution in [0.2, 0.25) is 0 Å². The molecule has 17 heavy (non-hydrogen) atoms. The summed E-state index contributed by atoms with van der Waals surface area (Å²) >= 11 is 0. The number of ether oxygens (including phenoxy) is 2. The third kappa shape index (κ3) is 7.67. The molecule has 0 fully saturated rings. The fraction of sp³-hybridized carbons (Fsp3) is 0.800. The smallest absolute Gasteiger partial charge is 0.323 e. The lowest BCUT2D eigenvalue weighted by Crippen LogP contribution is -2.37. The van der Waals surface area contributed by atoms with Gasteiger partial charge >= 0.3 is 11.9 Å². The minimum atomic E-state index is -1.18. The number of carboxylic acids is 1. The lowest BCUT2D eigenvalue weighted by atomic mass is 10.2. The molecule has 0 bridgehead atoms. The van der Waals surface area contributed by atoms with Crippen LogP contribution in [-0.4, -0.2) is 53.6 Å². The Labute approximate surface area is 99.5 Å². The number of rotatable bonds is 8. The van der Waals surface area contributed by atoms with Crippen LogP contribution in [-0.2, 0) is 19.1 Å². The molecular formula is C10H19NO6. The largest absolute Gasteiger partial charge is 0.481 e. The highest BCUT2D eigenvalue weighted by Crippen LogP contribution is 2.00. The van der Waals surface area contributed by atoms with Crippen molar-refractivity contribution in [3.63, 3.8) is 0 Å². The van der Waals surface area contributed by atoms with Gasteiger partial charge in [0.15, 0.2) is 0 Å². The molecule has 0 aromatic rings. The Morgan fingerprint density at radius 2 is 1.88 bits per heavy atom. The number of esters is 1. The van der Waals surface area contributed by atoms with Gasteiger partial charge < -0.3 is 25.4 Å². The molecule has 0 radical (unpaired) electrons. The average molecular weight is 249 g/mol. The summed E-state index contributed by atoms with van der Waals surface area (Å²) in [5.74, 6) is -1.94. The molecule has 7 nitrogen and oxygen atoms in total. The van der Waals surface area contributed by atoms with Crippen LogP contribution in [0.1, 0.15) is 20.3 Å². The van der Waals surface area contributed by atoms with Gasteiger partial charge in [0.1, 0.15) is 12.1 Å². The van der Waals surface area contributed by atoms with Crippen LogP contribution in [0.3, 0.4) is 0 Å². The van der Waals surface area contributed by atoms with E-state index in [0.29, 0.717) is 0 Å². The Kier molecular flexibility index (Phi) is 7.44. The third-order valence-electron chi connectivity index (χ3n) is 1.89. The number of carbonyl (C=O) groups is 2. The highest BCUT2D eigenvalue weighted by Gasteiger charge is 2.21. The summed E-state index contributed by atoms with van der Waals surface area (Å²) in [6.45, 7) is 3.26. The quantitative estimate of drug-likeness (QED) is 0.478. The van der Waals surface area contributed by atoms with E-state index in [0.717, 1.165) is 0 Å².